The predicted octanol–water partition coefficient (Wildman–Crippen LogP) is 3.74. The molecule has 1 aromatic heterocycles. The number of sulfonamides is 1. The van der Waals surface area contributed by atoms with E-state index in [1.165, 1.54) is 0 Å². The van der Waals surface area contributed by atoms with E-state index in [1.54, 1.807) is 22.8 Å². The van der Waals surface area contributed by atoms with Crippen LogP contribution in [0.25, 0.3) is 10.2 Å². The summed E-state index contributed by atoms with van der Waals surface area (Å²) in [5.74, 6) is 0. The molecule has 0 radical (unpaired) electrons. The number of hydrogen-bond acceptors (Lipinski definition) is 4. The minimum Gasteiger partial charge on any atom is -0.299 e. The van der Waals surface area contributed by atoms with Crippen molar-refractivity contribution in [2.75, 3.05) is 0 Å². The van der Waals surface area contributed by atoms with Crippen LogP contribution in [0, 0.1) is 13.8 Å². The van der Waals surface area contributed by atoms with Crippen molar-refractivity contribution in [3.63, 3.8) is 0 Å². The molecule has 0 fully saturated rings. The fraction of sp³-hybridized carbons (Fsp3) is 0.316. The van der Waals surface area contributed by atoms with Crippen LogP contribution in [-0.4, -0.2) is 13.0 Å². The maximum absolute atomic E-state index is 12.8. The van der Waals surface area contributed by atoms with Crippen LogP contribution in [0.3, 0.4) is 0 Å². The minimum atomic E-state index is -3.69. The summed E-state index contributed by atoms with van der Waals surface area (Å²) in [4.78, 5) is 12.1. The van der Waals surface area contributed by atoms with Gasteiger partial charge in [0.15, 0.2) is 0 Å². The van der Waals surface area contributed by atoms with E-state index in [1.807, 2.05) is 45.9 Å². The summed E-state index contributed by atoms with van der Waals surface area (Å²) in [6, 6.07) is 10.4. The highest BCUT2D eigenvalue weighted by molar-refractivity contribution is 7.89. The van der Waals surface area contributed by atoms with Crippen molar-refractivity contribution < 1.29 is 8.42 Å². The molecular formula is C19H22N2O3S2. The maximum atomic E-state index is 12.8. The average Bonchev–Trinajstić information content (AvgIpc) is 2.88. The second-order valence-corrected chi connectivity index (χ2v) is 9.15. The molecule has 0 aliphatic rings. The van der Waals surface area contributed by atoms with Gasteiger partial charge < -0.3 is 0 Å². The number of nitrogens with zero attached hydrogens (tertiary/aromatic N) is 1. The molecule has 26 heavy (non-hydrogen) atoms. The molecule has 2 aromatic carbocycles. The van der Waals surface area contributed by atoms with Crippen LogP contribution in [0.5, 0.6) is 0 Å². The first-order valence-electron chi connectivity index (χ1n) is 8.46. The molecule has 3 rings (SSSR count). The number of thiazole rings is 1. The Morgan fingerprint density at radius 1 is 1.15 bits per heavy atom. The van der Waals surface area contributed by atoms with Crippen LogP contribution >= 0.6 is 11.3 Å². The Kier molecular flexibility index (Phi) is 5.05. The van der Waals surface area contributed by atoms with Gasteiger partial charge in [-0.2, -0.15) is 0 Å². The summed E-state index contributed by atoms with van der Waals surface area (Å²) >= 11 is 1.07. The van der Waals surface area contributed by atoms with Gasteiger partial charge in [-0.3, -0.25) is 9.36 Å². The predicted molar refractivity (Wildman–Crippen MR) is 106 cm³/mol. The summed E-state index contributed by atoms with van der Waals surface area (Å²) in [5, 5.41) is 0. The highest BCUT2D eigenvalue weighted by atomic mass is 32.2. The van der Waals surface area contributed by atoms with Crippen molar-refractivity contribution in [3.8, 4) is 0 Å². The van der Waals surface area contributed by atoms with Crippen LogP contribution in [0.1, 0.15) is 36.6 Å². The van der Waals surface area contributed by atoms with Gasteiger partial charge in [0.1, 0.15) is 0 Å². The number of nitrogens with one attached hydrogen (secondary N) is 1. The fourth-order valence-electron chi connectivity index (χ4n) is 3.19. The van der Waals surface area contributed by atoms with Crippen molar-refractivity contribution in [1.29, 1.82) is 0 Å². The number of rotatable bonds is 5. The van der Waals surface area contributed by atoms with E-state index in [2.05, 4.69) is 4.72 Å². The Balaban J connectivity index is 1.95. The van der Waals surface area contributed by atoms with Crippen LogP contribution in [0.4, 0.5) is 0 Å². The molecule has 138 valence electrons. The van der Waals surface area contributed by atoms with Crippen LogP contribution < -0.4 is 9.60 Å². The third-order valence-electron chi connectivity index (χ3n) is 4.49. The van der Waals surface area contributed by atoms with Crippen LogP contribution in [-0.2, 0) is 16.6 Å². The number of fused-ring (bicyclic) bond motifs is 1. The molecule has 7 heteroatoms. The summed E-state index contributed by atoms with van der Waals surface area (Å²) in [6.45, 7) is 8.27. The molecule has 0 amide bonds. The normalized spacial score (nSPS) is 13.2. The first-order valence-corrected chi connectivity index (χ1v) is 10.8. The van der Waals surface area contributed by atoms with Gasteiger partial charge in [-0.1, -0.05) is 35.1 Å². The Morgan fingerprint density at radius 3 is 2.54 bits per heavy atom. The number of hydrogen-bond donors (Lipinski definition) is 1. The monoisotopic (exact) mass is 390 g/mol. The SMILES string of the molecule is CCn1c(=O)sc2cc(S(=O)(=O)N[C@H](C)c3ccc(C)cc3C)ccc21. The highest BCUT2D eigenvalue weighted by Gasteiger charge is 2.20. The first kappa shape index (κ1) is 18.8. The molecule has 0 bridgehead atoms. The van der Waals surface area contributed by atoms with Gasteiger partial charge >= 0.3 is 4.87 Å². The zero-order valence-corrected chi connectivity index (χ0v) is 16.9. The van der Waals surface area contributed by atoms with Gasteiger partial charge in [0.2, 0.25) is 10.0 Å². The molecule has 0 saturated carbocycles. The maximum Gasteiger partial charge on any atom is 0.308 e. The lowest BCUT2D eigenvalue weighted by Crippen LogP contribution is -2.27. The number of benzene rings is 2. The Morgan fingerprint density at radius 2 is 1.88 bits per heavy atom. The molecule has 0 unspecified atom stereocenters. The molecule has 0 aliphatic carbocycles. The van der Waals surface area contributed by atoms with Crippen LogP contribution in [0.15, 0.2) is 46.1 Å². The Labute approximate surface area is 157 Å². The zero-order valence-electron chi connectivity index (χ0n) is 15.2. The van der Waals surface area contributed by atoms with Crippen molar-refractivity contribution in [3.05, 3.63) is 62.8 Å². The summed E-state index contributed by atoms with van der Waals surface area (Å²) in [6.07, 6.45) is 0. The smallest absolute Gasteiger partial charge is 0.299 e. The molecule has 3 aromatic rings. The number of aryl methyl sites for hydroxylation is 3. The van der Waals surface area contributed by atoms with E-state index >= 15 is 0 Å². The Bertz CT molecular complexity index is 1130. The Hall–Kier alpha value is -1.96. The van der Waals surface area contributed by atoms with E-state index in [9.17, 15) is 13.2 Å². The van der Waals surface area contributed by atoms with E-state index in [0.717, 1.165) is 33.5 Å². The van der Waals surface area contributed by atoms with Crippen LogP contribution in [0.2, 0.25) is 0 Å². The third-order valence-corrected chi connectivity index (χ3v) is 6.97. The molecule has 1 heterocycles. The van der Waals surface area contributed by atoms with E-state index < -0.39 is 10.0 Å². The van der Waals surface area contributed by atoms with Crippen molar-refractivity contribution in [2.45, 2.75) is 45.2 Å². The molecule has 0 saturated heterocycles. The lowest BCUT2D eigenvalue weighted by atomic mass is 10.0. The lowest BCUT2D eigenvalue weighted by molar-refractivity contribution is 0.566. The van der Waals surface area contributed by atoms with Gasteiger partial charge in [-0.15, -0.1) is 0 Å². The quantitative estimate of drug-likeness (QED) is 0.722. The standard InChI is InChI=1S/C19H22N2O3S2/c1-5-21-17-9-7-15(11-18(17)25-19(21)22)26(23,24)20-14(4)16-8-6-12(2)10-13(16)3/h6-11,14,20H,5H2,1-4H3/t14-/m1/s1. The molecule has 5 nitrogen and oxygen atoms in total. The van der Waals surface area contributed by atoms with E-state index in [4.69, 9.17) is 0 Å². The largest absolute Gasteiger partial charge is 0.308 e. The minimum absolute atomic E-state index is 0.0753. The molecule has 1 N–H and O–H groups in total. The van der Waals surface area contributed by atoms with Gasteiger partial charge in [-0.05, 0) is 57.0 Å². The molecule has 0 aliphatic heterocycles. The van der Waals surface area contributed by atoms with Gasteiger partial charge in [0.05, 0.1) is 15.1 Å². The van der Waals surface area contributed by atoms with Crippen molar-refractivity contribution >= 4 is 31.6 Å². The third kappa shape index (κ3) is 3.47. The molecule has 1 atom stereocenters. The summed E-state index contributed by atoms with van der Waals surface area (Å²) < 4.78 is 30.7. The topological polar surface area (TPSA) is 68.2 Å². The summed E-state index contributed by atoms with van der Waals surface area (Å²) in [5.41, 5.74) is 3.90. The molecule has 0 spiro atoms. The van der Waals surface area contributed by atoms with Gasteiger partial charge in [0, 0.05) is 12.6 Å². The lowest BCUT2D eigenvalue weighted by Gasteiger charge is -2.17. The average molecular weight is 391 g/mol. The van der Waals surface area contributed by atoms with Crippen molar-refractivity contribution in [2.24, 2.45) is 0 Å². The number of aromatic nitrogens is 1. The first-order chi connectivity index (χ1) is 12.2. The van der Waals surface area contributed by atoms with E-state index in [-0.39, 0.29) is 15.8 Å². The summed E-state index contributed by atoms with van der Waals surface area (Å²) in [7, 11) is -3.69. The van der Waals surface area contributed by atoms with Gasteiger partial charge in [-0.25, -0.2) is 13.1 Å². The second-order valence-electron chi connectivity index (χ2n) is 6.44. The van der Waals surface area contributed by atoms with Gasteiger partial charge in [0.25, 0.3) is 0 Å². The van der Waals surface area contributed by atoms with E-state index in [0.29, 0.717) is 11.2 Å². The highest BCUT2D eigenvalue weighted by Crippen LogP contribution is 2.24. The second kappa shape index (κ2) is 6.98. The zero-order chi connectivity index (χ0) is 19.1. The fourth-order valence-corrected chi connectivity index (χ4v) is 5.51. The molecular weight excluding hydrogens is 368 g/mol. The van der Waals surface area contributed by atoms with Crippen molar-refractivity contribution in [1.82, 2.24) is 9.29 Å².